The van der Waals surface area contributed by atoms with E-state index in [9.17, 15) is 18.8 Å². The first kappa shape index (κ1) is 14.0. The minimum Gasteiger partial charge on any atom is -0.478 e. The molecule has 1 saturated heterocycles. The second kappa shape index (κ2) is 5.68. The summed E-state index contributed by atoms with van der Waals surface area (Å²) in [6.07, 6.45) is 1.08. The highest BCUT2D eigenvalue weighted by molar-refractivity contribution is 6.02. The molecule has 7 heteroatoms. The third kappa shape index (κ3) is 2.93. The topological polar surface area (TPSA) is 86.7 Å². The predicted octanol–water partition coefficient (Wildman–Crippen LogP) is 1.08. The van der Waals surface area contributed by atoms with Gasteiger partial charge < -0.3 is 15.3 Å². The van der Waals surface area contributed by atoms with Gasteiger partial charge in [-0.1, -0.05) is 6.07 Å². The van der Waals surface area contributed by atoms with Crippen molar-refractivity contribution in [3.63, 3.8) is 0 Å². The Labute approximate surface area is 114 Å². The van der Waals surface area contributed by atoms with Gasteiger partial charge in [0.1, 0.15) is 5.82 Å². The van der Waals surface area contributed by atoms with Crippen molar-refractivity contribution in [3.8, 4) is 0 Å². The number of nitrogens with one attached hydrogen (secondary N) is 1. The first-order valence-electron chi connectivity index (χ1n) is 6.08. The van der Waals surface area contributed by atoms with E-state index in [1.54, 1.807) is 0 Å². The van der Waals surface area contributed by atoms with Crippen LogP contribution in [0.2, 0.25) is 0 Å². The Hall–Kier alpha value is -2.44. The van der Waals surface area contributed by atoms with Crippen LogP contribution in [-0.4, -0.2) is 40.9 Å². The van der Waals surface area contributed by atoms with Crippen LogP contribution in [0, 0.1) is 5.82 Å². The SMILES string of the molecule is O=C(CN1CCCC1=O)Nc1c(F)cccc1C(=O)O. The lowest BCUT2D eigenvalue weighted by Crippen LogP contribution is -2.34. The quantitative estimate of drug-likeness (QED) is 0.864. The average molecular weight is 280 g/mol. The minimum absolute atomic E-state index is 0.132. The molecular weight excluding hydrogens is 267 g/mol. The summed E-state index contributed by atoms with van der Waals surface area (Å²) in [6, 6.07) is 3.50. The van der Waals surface area contributed by atoms with Crippen molar-refractivity contribution >= 4 is 23.5 Å². The first-order valence-corrected chi connectivity index (χ1v) is 6.08. The molecule has 1 aromatic carbocycles. The predicted molar refractivity (Wildman–Crippen MR) is 67.8 cm³/mol. The van der Waals surface area contributed by atoms with Crippen LogP contribution in [-0.2, 0) is 9.59 Å². The molecule has 0 aromatic heterocycles. The zero-order chi connectivity index (χ0) is 14.7. The van der Waals surface area contributed by atoms with Gasteiger partial charge in [-0.05, 0) is 18.6 Å². The fourth-order valence-electron chi connectivity index (χ4n) is 2.05. The maximum absolute atomic E-state index is 13.6. The van der Waals surface area contributed by atoms with E-state index in [0.29, 0.717) is 19.4 Å². The summed E-state index contributed by atoms with van der Waals surface area (Å²) in [5.74, 6) is -2.91. The number of aromatic carboxylic acids is 1. The first-order chi connectivity index (χ1) is 9.49. The van der Waals surface area contributed by atoms with Gasteiger partial charge in [-0.2, -0.15) is 0 Å². The normalized spacial score (nSPS) is 14.4. The Morgan fingerprint density at radius 2 is 2.15 bits per heavy atom. The number of carbonyl (C=O) groups is 3. The Bertz CT molecular complexity index is 573. The van der Waals surface area contributed by atoms with Gasteiger partial charge in [0.05, 0.1) is 17.8 Å². The molecule has 2 rings (SSSR count). The largest absolute Gasteiger partial charge is 0.478 e. The van der Waals surface area contributed by atoms with Gasteiger partial charge in [-0.15, -0.1) is 0 Å². The lowest BCUT2D eigenvalue weighted by atomic mass is 10.1. The monoisotopic (exact) mass is 280 g/mol. The van der Waals surface area contributed by atoms with Gasteiger partial charge in [-0.25, -0.2) is 9.18 Å². The van der Waals surface area contributed by atoms with E-state index in [2.05, 4.69) is 5.32 Å². The summed E-state index contributed by atoms with van der Waals surface area (Å²) in [6.45, 7) is 0.279. The Balaban J connectivity index is 2.11. The van der Waals surface area contributed by atoms with E-state index in [-0.39, 0.29) is 23.7 Å². The van der Waals surface area contributed by atoms with Crippen molar-refractivity contribution in [1.82, 2.24) is 4.90 Å². The van der Waals surface area contributed by atoms with Crippen LogP contribution in [0.4, 0.5) is 10.1 Å². The van der Waals surface area contributed by atoms with Crippen LogP contribution in [0.25, 0.3) is 0 Å². The molecule has 2 amide bonds. The molecule has 0 bridgehead atoms. The number of nitrogens with zero attached hydrogens (tertiary/aromatic N) is 1. The van der Waals surface area contributed by atoms with E-state index in [4.69, 9.17) is 5.11 Å². The van der Waals surface area contributed by atoms with Gasteiger partial charge in [-0.3, -0.25) is 9.59 Å². The van der Waals surface area contributed by atoms with Crippen LogP contribution in [0.1, 0.15) is 23.2 Å². The zero-order valence-electron chi connectivity index (χ0n) is 10.6. The van der Waals surface area contributed by atoms with Crippen LogP contribution in [0.3, 0.4) is 0 Å². The van der Waals surface area contributed by atoms with Gasteiger partial charge in [0.15, 0.2) is 0 Å². The molecule has 106 valence electrons. The minimum atomic E-state index is -1.34. The third-order valence-electron chi connectivity index (χ3n) is 3.01. The Kier molecular flexibility index (Phi) is 3.97. The Morgan fingerprint density at radius 1 is 1.40 bits per heavy atom. The number of benzene rings is 1. The Morgan fingerprint density at radius 3 is 2.75 bits per heavy atom. The van der Waals surface area contributed by atoms with Gasteiger partial charge >= 0.3 is 5.97 Å². The molecule has 1 aliphatic heterocycles. The molecule has 0 saturated carbocycles. The number of rotatable bonds is 4. The van der Waals surface area contributed by atoms with Crippen molar-refractivity contribution in [2.45, 2.75) is 12.8 Å². The summed E-state index contributed by atoms with van der Waals surface area (Å²) in [5.41, 5.74) is -0.706. The summed E-state index contributed by atoms with van der Waals surface area (Å²) in [7, 11) is 0. The summed E-state index contributed by atoms with van der Waals surface area (Å²) < 4.78 is 13.6. The summed E-state index contributed by atoms with van der Waals surface area (Å²) in [5, 5.41) is 11.2. The molecule has 0 aliphatic carbocycles. The van der Waals surface area contributed by atoms with E-state index in [1.807, 2.05) is 0 Å². The molecule has 20 heavy (non-hydrogen) atoms. The zero-order valence-corrected chi connectivity index (χ0v) is 10.6. The molecule has 6 nitrogen and oxygen atoms in total. The summed E-state index contributed by atoms with van der Waals surface area (Å²) >= 11 is 0. The number of hydrogen-bond acceptors (Lipinski definition) is 3. The number of carbonyl (C=O) groups excluding carboxylic acids is 2. The van der Waals surface area contributed by atoms with Crippen molar-refractivity contribution in [2.75, 3.05) is 18.4 Å². The molecule has 1 heterocycles. The van der Waals surface area contributed by atoms with Crippen molar-refractivity contribution in [1.29, 1.82) is 0 Å². The highest BCUT2D eigenvalue weighted by atomic mass is 19.1. The second-order valence-electron chi connectivity index (χ2n) is 4.43. The molecule has 2 N–H and O–H groups in total. The molecule has 1 aliphatic rings. The second-order valence-corrected chi connectivity index (χ2v) is 4.43. The van der Waals surface area contributed by atoms with Crippen molar-refractivity contribution in [3.05, 3.63) is 29.6 Å². The van der Waals surface area contributed by atoms with Crippen LogP contribution < -0.4 is 5.32 Å². The molecule has 0 spiro atoms. The number of para-hydroxylation sites is 1. The van der Waals surface area contributed by atoms with Crippen molar-refractivity contribution < 1.29 is 23.9 Å². The van der Waals surface area contributed by atoms with E-state index in [1.165, 1.54) is 17.0 Å². The molecule has 0 atom stereocenters. The van der Waals surface area contributed by atoms with E-state index in [0.717, 1.165) is 6.07 Å². The highest BCUT2D eigenvalue weighted by Gasteiger charge is 2.23. The molecular formula is C13H13FN2O4. The number of carboxylic acids is 1. The average Bonchev–Trinajstić information content (AvgIpc) is 2.77. The van der Waals surface area contributed by atoms with Gasteiger partial charge in [0.25, 0.3) is 0 Å². The van der Waals surface area contributed by atoms with Gasteiger partial charge in [0, 0.05) is 13.0 Å². The number of anilines is 1. The van der Waals surface area contributed by atoms with E-state index < -0.39 is 17.7 Å². The fraction of sp³-hybridized carbons (Fsp3) is 0.308. The maximum atomic E-state index is 13.6. The molecule has 0 radical (unpaired) electrons. The maximum Gasteiger partial charge on any atom is 0.337 e. The third-order valence-corrected chi connectivity index (χ3v) is 3.01. The van der Waals surface area contributed by atoms with Crippen LogP contribution in [0.15, 0.2) is 18.2 Å². The lowest BCUT2D eigenvalue weighted by Gasteiger charge is -2.16. The van der Waals surface area contributed by atoms with E-state index >= 15 is 0 Å². The standard InChI is InChI=1S/C13H13FN2O4/c14-9-4-1-3-8(13(19)20)12(9)15-10(17)7-16-6-2-5-11(16)18/h1,3-4H,2,5-7H2,(H,15,17)(H,19,20). The van der Waals surface area contributed by atoms with Gasteiger partial charge in [0.2, 0.25) is 11.8 Å². The fourth-order valence-corrected chi connectivity index (χ4v) is 2.05. The number of halogens is 1. The number of hydrogen-bond donors (Lipinski definition) is 2. The van der Waals surface area contributed by atoms with Crippen molar-refractivity contribution in [2.24, 2.45) is 0 Å². The highest BCUT2D eigenvalue weighted by Crippen LogP contribution is 2.20. The summed E-state index contributed by atoms with van der Waals surface area (Å²) in [4.78, 5) is 35.5. The smallest absolute Gasteiger partial charge is 0.337 e. The lowest BCUT2D eigenvalue weighted by molar-refractivity contribution is -0.131. The number of likely N-dealkylation sites (tertiary alicyclic amines) is 1. The molecule has 1 fully saturated rings. The molecule has 1 aromatic rings. The van der Waals surface area contributed by atoms with Crippen LogP contribution in [0.5, 0.6) is 0 Å². The number of amides is 2. The number of carboxylic acid groups (broad SMARTS) is 1. The van der Waals surface area contributed by atoms with Crippen LogP contribution >= 0.6 is 0 Å². The molecule has 0 unspecified atom stereocenters.